The second-order valence-electron chi connectivity index (χ2n) is 3.70. The molecule has 1 N–H and O–H groups in total. The molecule has 1 aliphatic rings. The number of rotatable bonds is 2. The average molecular weight is 234 g/mol. The van der Waals surface area contributed by atoms with Gasteiger partial charge in [0.15, 0.2) is 17.3 Å². The van der Waals surface area contributed by atoms with E-state index < -0.39 is 6.10 Å². The molecule has 6 heteroatoms. The van der Waals surface area contributed by atoms with Crippen molar-refractivity contribution in [3.05, 3.63) is 24.0 Å². The van der Waals surface area contributed by atoms with Crippen molar-refractivity contribution in [1.82, 2.24) is 10.1 Å². The summed E-state index contributed by atoms with van der Waals surface area (Å²) in [6.07, 6.45) is -0.749. The molecule has 0 spiro atoms. The number of aromatic nitrogens is 2. The Labute approximate surface area is 96.8 Å². The second-order valence-corrected chi connectivity index (χ2v) is 3.70. The number of fused-ring (bicyclic) bond motifs is 1. The summed E-state index contributed by atoms with van der Waals surface area (Å²) in [5, 5.41) is 13.0. The van der Waals surface area contributed by atoms with Gasteiger partial charge in [0.05, 0.1) is 0 Å². The maximum atomic E-state index is 9.31. The van der Waals surface area contributed by atoms with E-state index in [1.807, 2.05) is 0 Å². The summed E-state index contributed by atoms with van der Waals surface area (Å²) >= 11 is 0. The van der Waals surface area contributed by atoms with Gasteiger partial charge in [-0.25, -0.2) is 0 Å². The number of benzene rings is 1. The number of nitrogens with zero attached hydrogens (tertiary/aromatic N) is 2. The Balaban J connectivity index is 1.97. The normalized spacial score (nSPS) is 14.9. The fraction of sp³-hybridized carbons (Fsp3) is 0.273. The van der Waals surface area contributed by atoms with Crippen molar-refractivity contribution >= 4 is 0 Å². The molecule has 1 atom stereocenters. The molecule has 17 heavy (non-hydrogen) atoms. The molecule has 2 aromatic rings. The van der Waals surface area contributed by atoms with Gasteiger partial charge in [0.25, 0.3) is 5.89 Å². The molecule has 88 valence electrons. The fourth-order valence-electron chi connectivity index (χ4n) is 1.55. The van der Waals surface area contributed by atoms with Crippen LogP contribution in [0.5, 0.6) is 11.5 Å². The van der Waals surface area contributed by atoms with Crippen LogP contribution < -0.4 is 9.47 Å². The first-order valence-electron chi connectivity index (χ1n) is 5.16. The minimum Gasteiger partial charge on any atom is -0.454 e. The minimum atomic E-state index is -0.749. The maximum absolute atomic E-state index is 9.31. The van der Waals surface area contributed by atoms with Gasteiger partial charge in [0.1, 0.15) is 6.10 Å². The van der Waals surface area contributed by atoms with Crippen molar-refractivity contribution in [3.63, 3.8) is 0 Å². The van der Waals surface area contributed by atoms with Crippen LogP contribution in [0.4, 0.5) is 0 Å². The van der Waals surface area contributed by atoms with Gasteiger partial charge in [-0.1, -0.05) is 5.16 Å². The van der Waals surface area contributed by atoms with Gasteiger partial charge in [-0.05, 0) is 25.1 Å². The van der Waals surface area contributed by atoms with Crippen molar-refractivity contribution in [2.45, 2.75) is 13.0 Å². The molecule has 1 aromatic heterocycles. The topological polar surface area (TPSA) is 77.6 Å². The van der Waals surface area contributed by atoms with E-state index in [9.17, 15) is 5.11 Å². The maximum Gasteiger partial charge on any atom is 0.258 e. The predicted molar refractivity (Wildman–Crippen MR) is 56.5 cm³/mol. The van der Waals surface area contributed by atoms with Crippen LogP contribution in [0, 0.1) is 0 Å². The number of hydrogen-bond donors (Lipinski definition) is 1. The molecule has 1 unspecified atom stereocenters. The zero-order chi connectivity index (χ0) is 11.8. The third kappa shape index (κ3) is 1.72. The van der Waals surface area contributed by atoms with Gasteiger partial charge in [0.2, 0.25) is 6.79 Å². The van der Waals surface area contributed by atoms with Gasteiger partial charge in [-0.2, -0.15) is 4.98 Å². The molecule has 0 saturated heterocycles. The molecule has 6 nitrogen and oxygen atoms in total. The number of aliphatic hydroxyl groups is 1. The highest BCUT2D eigenvalue weighted by atomic mass is 16.7. The molecule has 2 heterocycles. The number of ether oxygens (including phenoxy) is 2. The van der Waals surface area contributed by atoms with Crippen molar-refractivity contribution < 1.29 is 19.1 Å². The molecule has 0 fully saturated rings. The molecule has 0 radical (unpaired) electrons. The quantitative estimate of drug-likeness (QED) is 0.848. The molecule has 1 aliphatic heterocycles. The summed E-state index contributed by atoms with van der Waals surface area (Å²) < 4.78 is 15.5. The zero-order valence-electron chi connectivity index (χ0n) is 9.08. The molecule has 0 aliphatic carbocycles. The zero-order valence-corrected chi connectivity index (χ0v) is 9.08. The second kappa shape index (κ2) is 3.74. The van der Waals surface area contributed by atoms with Crippen LogP contribution in [-0.4, -0.2) is 22.0 Å². The van der Waals surface area contributed by atoms with E-state index >= 15 is 0 Å². The molecule has 0 saturated carbocycles. The highest BCUT2D eigenvalue weighted by molar-refractivity contribution is 5.60. The fourth-order valence-corrected chi connectivity index (χ4v) is 1.55. The van der Waals surface area contributed by atoms with Crippen LogP contribution in [0.25, 0.3) is 11.5 Å². The third-order valence-corrected chi connectivity index (χ3v) is 2.43. The Bertz CT molecular complexity index is 550. The van der Waals surface area contributed by atoms with E-state index in [2.05, 4.69) is 10.1 Å². The van der Waals surface area contributed by atoms with Crippen molar-refractivity contribution in [2.24, 2.45) is 0 Å². The Morgan fingerprint density at radius 3 is 2.88 bits per heavy atom. The number of hydrogen-bond acceptors (Lipinski definition) is 6. The first-order chi connectivity index (χ1) is 8.24. The van der Waals surface area contributed by atoms with Crippen LogP contribution in [0.2, 0.25) is 0 Å². The lowest BCUT2D eigenvalue weighted by molar-refractivity contribution is 0.174. The van der Waals surface area contributed by atoms with Crippen molar-refractivity contribution in [2.75, 3.05) is 6.79 Å². The molecule has 3 rings (SSSR count). The van der Waals surface area contributed by atoms with Crippen molar-refractivity contribution in [1.29, 1.82) is 0 Å². The van der Waals surface area contributed by atoms with Gasteiger partial charge in [0, 0.05) is 5.56 Å². The summed E-state index contributed by atoms with van der Waals surface area (Å²) in [5.74, 6) is 1.96. The van der Waals surface area contributed by atoms with E-state index in [1.165, 1.54) is 0 Å². The number of aliphatic hydroxyl groups excluding tert-OH is 1. The SMILES string of the molecule is CC(O)c1noc(-c2ccc3c(c2)OCO3)n1. The van der Waals surface area contributed by atoms with Crippen LogP contribution >= 0.6 is 0 Å². The van der Waals surface area contributed by atoms with Gasteiger partial charge in [-0.15, -0.1) is 0 Å². The molecule has 0 amide bonds. The van der Waals surface area contributed by atoms with E-state index in [0.29, 0.717) is 17.4 Å². The predicted octanol–water partition coefficient (Wildman–Crippen LogP) is 1.52. The Morgan fingerprint density at radius 1 is 1.29 bits per heavy atom. The Kier molecular flexibility index (Phi) is 2.22. The summed E-state index contributed by atoms with van der Waals surface area (Å²) in [5.41, 5.74) is 0.730. The summed E-state index contributed by atoms with van der Waals surface area (Å²) in [6, 6.07) is 5.35. The molecule has 0 bridgehead atoms. The van der Waals surface area contributed by atoms with E-state index in [1.54, 1.807) is 25.1 Å². The Hall–Kier alpha value is -2.08. The molecular formula is C11H10N2O4. The average Bonchev–Trinajstić information content (AvgIpc) is 2.97. The first-order valence-corrected chi connectivity index (χ1v) is 5.16. The molecular weight excluding hydrogens is 224 g/mol. The lowest BCUT2D eigenvalue weighted by Gasteiger charge is -1.97. The van der Waals surface area contributed by atoms with Gasteiger partial charge < -0.3 is 19.1 Å². The van der Waals surface area contributed by atoms with Crippen LogP contribution in [0.1, 0.15) is 18.9 Å². The summed E-state index contributed by atoms with van der Waals surface area (Å²) in [7, 11) is 0. The standard InChI is InChI=1S/C11H10N2O4/c1-6(14)10-12-11(17-13-10)7-2-3-8-9(4-7)16-5-15-8/h2-4,6,14H,5H2,1H3. The van der Waals surface area contributed by atoms with Gasteiger partial charge >= 0.3 is 0 Å². The van der Waals surface area contributed by atoms with Crippen LogP contribution in [0.3, 0.4) is 0 Å². The van der Waals surface area contributed by atoms with E-state index in [-0.39, 0.29) is 12.6 Å². The monoisotopic (exact) mass is 234 g/mol. The first kappa shape index (κ1) is 10.1. The van der Waals surface area contributed by atoms with Crippen LogP contribution in [0.15, 0.2) is 22.7 Å². The largest absolute Gasteiger partial charge is 0.454 e. The highest BCUT2D eigenvalue weighted by Gasteiger charge is 2.17. The lowest BCUT2D eigenvalue weighted by Crippen LogP contribution is -1.93. The van der Waals surface area contributed by atoms with Crippen LogP contribution in [-0.2, 0) is 0 Å². The van der Waals surface area contributed by atoms with Crippen molar-refractivity contribution in [3.8, 4) is 23.0 Å². The highest BCUT2D eigenvalue weighted by Crippen LogP contribution is 2.35. The summed E-state index contributed by atoms with van der Waals surface area (Å²) in [6.45, 7) is 1.80. The van der Waals surface area contributed by atoms with E-state index in [4.69, 9.17) is 14.0 Å². The third-order valence-electron chi connectivity index (χ3n) is 2.43. The molecule has 1 aromatic carbocycles. The Morgan fingerprint density at radius 2 is 2.12 bits per heavy atom. The lowest BCUT2D eigenvalue weighted by atomic mass is 10.2. The minimum absolute atomic E-state index is 0.224. The summed E-state index contributed by atoms with van der Waals surface area (Å²) in [4.78, 5) is 4.08. The smallest absolute Gasteiger partial charge is 0.258 e. The van der Waals surface area contributed by atoms with E-state index in [0.717, 1.165) is 5.56 Å². The van der Waals surface area contributed by atoms with Gasteiger partial charge in [-0.3, -0.25) is 0 Å².